The minimum absolute atomic E-state index is 0.182. The van der Waals surface area contributed by atoms with Crippen LogP contribution in [-0.4, -0.2) is 50.0 Å². The van der Waals surface area contributed by atoms with Crippen molar-refractivity contribution in [2.75, 3.05) is 5.32 Å². The molecule has 0 fully saturated rings. The van der Waals surface area contributed by atoms with Crippen molar-refractivity contribution in [1.29, 1.82) is 0 Å². The van der Waals surface area contributed by atoms with Crippen LogP contribution in [0.2, 0.25) is 0 Å². The number of pyridine rings is 2. The zero-order valence-electron chi connectivity index (χ0n) is 18.4. The zero-order chi connectivity index (χ0) is 22.9. The molecule has 5 rings (SSSR count). The minimum Gasteiger partial charge on any atom is -0.324 e. The molecule has 0 unspecified atom stereocenters. The van der Waals surface area contributed by atoms with Crippen molar-refractivity contribution >= 4 is 22.8 Å². The van der Waals surface area contributed by atoms with E-state index in [1.165, 1.54) is 0 Å². The fourth-order valence-corrected chi connectivity index (χ4v) is 3.55. The first kappa shape index (κ1) is 20.5. The highest BCUT2D eigenvalue weighted by atomic mass is 16.1. The molecule has 0 saturated heterocycles. The van der Waals surface area contributed by atoms with Gasteiger partial charge in [0.1, 0.15) is 29.0 Å². The Morgan fingerprint density at radius 1 is 1.15 bits per heavy atom. The van der Waals surface area contributed by atoms with E-state index in [9.17, 15) is 4.79 Å². The predicted octanol–water partition coefficient (Wildman–Crippen LogP) is 2.70. The molecule has 0 aliphatic heterocycles. The number of nitrogens with one attached hydrogen (secondary N) is 1. The molecular formula is C22H22N10O. The maximum absolute atomic E-state index is 12.9. The maximum Gasteiger partial charge on any atom is 0.275 e. The molecule has 0 radical (unpaired) electrons. The van der Waals surface area contributed by atoms with Gasteiger partial charge in [0.15, 0.2) is 5.82 Å². The topological polar surface area (TPSA) is 121 Å². The van der Waals surface area contributed by atoms with Crippen LogP contribution >= 0.6 is 0 Å². The second-order valence-corrected chi connectivity index (χ2v) is 7.93. The van der Waals surface area contributed by atoms with Gasteiger partial charge in [0, 0.05) is 19.3 Å². The van der Waals surface area contributed by atoms with Crippen LogP contribution in [0.25, 0.3) is 22.6 Å². The van der Waals surface area contributed by atoms with E-state index < -0.39 is 0 Å². The molecule has 0 atom stereocenters. The maximum atomic E-state index is 12.9. The Labute approximate surface area is 189 Å². The summed E-state index contributed by atoms with van der Waals surface area (Å²) in [7, 11) is 1.87. The standard InChI is InChI=1S/C22H22N10O/c1-14(2)32-13-25-28-21(32)16-5-4-6-20(26-16)27-22(33)17-9-19-18(10-23-17)24-12-31(19)11-15-7-8-30(3)29-15/h4-10,12-14H,11H2,1-3H3,(H,26,27,33). The Morgan fingerprint density at radius 2 is 2.03 bits per heavy atom. The molecule has 5 aromatic rings. The van der Waals surface area contributed by atoms with Gasteiger partial charge in [-0.2, -0.15) is 5.10 Å². The van der Waals surface area contributed by atoms with E-state index in [4.69, 9.17) is 0 Å². The quantitative estimate of drug-likeness (QED) is 0.429. The number of carbonyl (C=O) groups is 1. The molecule has 1 amide bonds. The number of amides is 1. The summed E-state index contributed by atoms with van der Waals surface area (Å²) in [5.41, 5.74) is 3.29. The lowest BCUT2D eigenvalue weighted by Gasteiger charge is -2.10. The van der Waals surface area contributed by atoms with Gasteiger partial charge in [-0.05, 0) is 38.1 Å². The van der Waals surface area contributed by atoms with Crippen molar-refractivity contribution in [3.8, 4) is 11.5 Å². The molecule has 11 nitrogen and oxygen atoms in total. The van der Waals surface area contributed by atoms with Crippen molar-refractivity contribution in [2.24, 2.45) is 7.05 Å². The lowest BCUT2D eigenvalue weighted by molar-refractivity contribution is 0.102. The molecule has 5 heterocycles. The van der Waals surface area contributed by atoms with Gasteiger partial charge in [0.2, 0.25) is 0 Å². The summed E-state index contributed by atoms with van der Waals surface area (Å²) in [6.45, 7) is 4.63. The highest BCUT2D eigenvalue weighted by Gasteiger charge is 2.15. The lowest BCUT2D eigenvalue weighted by Crippen LogP contribution is -2.15. The third kappa shape index (κ3) is 4.07. The van der Waals surface area contributed by atoms with Gasteiger partial charge in [-0.15, -0.1) is 10.2 Å². The van der Waals surface area contributed by atoms with Gasteiger partial charge in [-0.25, -0.2) is 15.0 Å². The van der Waals surface area contributed by atoms with E-state index in [1.54, 1.807) is 35.7 Å². The van der Waals surface area contributed by atoms with Crippen LogP contribution in [0.1, 0.15) is 36.1 Å². The molecule has 0 spiro atoms. The summed E-state index contributed by atoms with van der Waals surface area (Å²) >= 11 is 0. The SMILES string of the molecule is CC(C)n1cnnc1-c1cccc(NC(=O)c2cc3c(cn2)ncn3Cc2ccn(C)n2)n1. The molecule has 0 aliphatic carbocycles. The van der Waals surface area contributed by atoms with Crippen molar-refractivity contribution in [1.82, 2.24) is 44.1 Å². The Bertz CT molecular complexity index is 1440. The van der Waals surface area contributed by atoms with Gasteiger partial charge in [-0.1, -0.05) is 6.07 Å². The summed E-state index contributed by atoms with van der Waals surface area (Å²) in [6.07, 6.45) is 6.87. The number of aryl methyl sites for hydroxylation is 1. The van der Waals surface area contributed by atoms with Gasteiger partial charge in [-0.3, -0.25) is 9.48 Å². The molecular weight excluding hydrogens is 420 g/mol. The first-order chi connectivity index (χ1) is 16.0. The average molecular weight is 442 g/mol. The van der Waals surface area contributed by atoms with Crippen molar-refractivity contribution in [3.05, 3.63) is 66.8 Å². The van der Waals surface area contributed by atoms with Crippen LogP contribution in [0.5, 0.6) is 0 Å². The predicted molar refractivity (Wildman–Crippen MR) is 121 cm³/mol. The van der Waals surface area contributed by atoms with Crippen LogP contribution in [0.4, 0.5) is 5.82 Å². The third-order valence-electron chi connectivity index (χ3n) is 5.19. The monoisotopic (exact) mass is 442 g/mol. The number of nitrogens with zero attached hydrogens (tertiary/aromatic N) is 9. The van der Waals surface area contributed by atoms with Crippen molar-refractivity contribution < 1.29 is 4.79 Å². The highest BCUT2D eigenvalue weighted by molar-refractivity contribution is 6.03. The lowest BCUT2D eigenvalue weighted by atomic mass is 10.2. The van der Waals surface area contributed by atoms with Gasteiger partial charge in [0.05, 0.1) is 30.3 Å². The van der Waals surface area contributed by atoms with Gasteiger partial charge in [0.25, 0.3) is 5.91 Å². The van der Waals surface area contributed by atoms with Crippen molar-refractivity contribution in [3.63, 3.8) is 0 Å². The number of hydrogen-bond acceptors (Lipinski definition) is 7. The number of fused-ring (bicyclic) bond motifs is 1. The Morgan fingerprint density at radius 3 is 2.82 bits per heavy atom. The summed E-state index contributed by atoms with van der Waals surface area (Å²) in [5, 5.41) is 15.4. The molecule has 0 saturated carbocycles. The van der Waals surface area contributed by atoms with E-state index in [0.717, 1.165) is 11.2 Å². The molecule has 5 aromatic heterocycles. The third-order valence-corrected chi connectivity index (χ3v) is 5.19. The van der Waals surface area contributed by atoms with Crippen LogP contribution in [0, 0.1) is 0 Å². The molecule has 0 bridgehead atoms. The Balaban J connectivity index is 1.39. The zero-order valence-corrected chi connectivity index (χ0v) is 18.4. The second kappa shape index (κ2) is 8.26. The number of aromatic nitrogens is 9. The summed E-state index contributed by atoms with van der Waals surface area (Å²) in [4.78, 5) is 26.1. The number of carbonyl (C=O) groups excluding carboxylic acids is 1. The molecule has 166 valence electrons. The van der Waals surface area contributed by atoms with Gasteiger partial charge < -0.3 is 14.5 Å². The minimum atomic E-state index is -0.363. The largest absolute Gasteiger partial charge is 0.324 e. The van der Waals surface area contributed by atoms with E-state index >= 15 is 0 Å². The van der Waals surface area contributed by atoms with Crippen LogP contribution in [-0.2, 0) is 13.6 Å². The van der Waals surface area contributed by atoms with Gasteiger partial charge >= 0.3 is 0 Å². The fourth-order valence-electron chi connectivity index (χ4n) is 3.55. The first-order valence-electron chi connectivity index (χ1n) is 10.5. The normalized spacial score (nSPS) is 11.4. The number of anilines is 1. The number of hydrogen-bond donors (Lipinski definition) is 1. The smallest absolute Gasteiger partial charge is 0.275 e. The molecule has 11 heteroatoms. The first-order valence-corrected chi connectivity index (χ1v) is 10.5. The molecule has 0 aromatic carbocycles. The van der Waals surface area contributed by atoms with Crippen LogP contribution in [0.15, 0.2) is 55.4 Å². The van der Waals surface area contributed by atoms with E-state index in [0.29, 0.717) is 29.4 Å². The highest BCUT2D eigenvalue weighted by Crippen LogP contribution is 2.20. The number of imidazole rings is 1. The Hall–Kier alpha value is -4.41. The average Bonchev–Trinajstić information content (AvgIpc) is 3.54. The van der Waals surface area contributed by atoms with Crippen LogP contribution < -0.4 is 5.32 Å². The fraction of sp³-hybridized carbons (Fsp3) is 0.227. The van der Waals surface area contributed by atoms with E-state index in [-0.39, 0.29) is 17.6 Å². The summed E-state index contributed by atoms with van der Waals surface area (Å²) < 4.78 is 5.61. The second-order valence-electron chi connectivity index (χ2n) is 7.93. The number of rotatable bonds is 6. The van der Waals surface area contributed by atoms with Crippen molar-refractivity contribution in [2.45, 2.75) is 26.4 Å². The summed E-state index contributed by atoms with van der Waals surface area (Å²) in [5.74, 6) is 0.677. The molecule has 33 heavy (non-hydrogen) atoms. The molecule has 1 N–H and O–H groups in total. The molecule has 0 aliphatic rings. The van der Waals surface area contributed by atoms with Crippen LogP contribution in [0.3, 0.4) is 0 Å². The van der Waals surface area contributed by atoms with E-state index in [1.807, 2.05) is 54.4 Å². The summed E-state index contributed by atoms with van der Waals surface area (Å²) in [6, 6.07) is 9.22. The van der Waals surface area contributed by atoms with E-state index in [2.05, 4.69) is 35.6 Å². The Kier molecular flexibility index (Phi) is 5.13.